The maximum Gasteiger partial charge on any atom is 0.123 e. The van der Waals surface area contributed by atoms with E-state index in [1.807, 2.05) is 15.6 Å². The van der Waals surface area contributed by atoms with Crippen LogP contribution in [0.15, 0.2) is 30.6 Å². The molecule has 160 valence electrons. The summed E-state index contributed by atoms with van der Waals surface area (Å²) in [5, 5.41) is 20.3. The SMILES string of the molecule is CCc1c(-c2cnn(CC3CC3)c2)c(-c2ccc(F)cc2C(C)(C)O)nn1C(C)C. The van der Waals surface area contributed by atoms with Gasteiger partial charge in [0, 0.05) is 41.2 Å². The predicted molar refractivity (Wildman–Crippen MR) is 117 cm³/mol. The second-order valence-corrected chi connectivity index (χ2v) is 9.21. The van der Waals surface area contributed by atoms with E-state index in [0.717, 1.165) is 47.0 Å². The lowest BCUT2D eigenvalue weighted by atomic mass is 9.89. The molecule has 1 saturated carbocycles. The molecule has 1 aromatic carbocycles. The zero-order chi connectivity index (χ0) is 21.6. The molecule has 6 heteroatoms. The lowest BCUT2D eigenvalue weighted by Crippen LogP contribution is -2.17. The smallest absolute Gasteiger partial charge is 0.123 e. The molecule has 1 N–H and O–H groups in total. The molecule has 0 amide bonds. The van der Waals surface area contributed by atoms with Crippen LogP contribution in [-0.2, 0) is 18.6 Å². The van der Waals surface area contributed by atoms with Crippen molar-refractivity contribution in [2.24, 2.45) is 5.92 Å². The number of nitrogens with zero attached hydrogens (tertiary/aromatic N) is 4. The highest BCUT2D eigenvalue weighted by atomic mass is 19.1. The molecule has 3 aromatic rings. The van der Waals surface area contributed by atoms with Gasteiger partial charge in [-0.3, -0.25) is 9.36 Å². The third-order valence-corrected chi connectivity index (χ3v) is 5.79. The Morgan fingerprint density at radius 1 is 1.27 bits per heavy atom. The highest BCUT2D eigenvalue weighted by Crippen LogP contribution is 2.40. The average Bonchev–Trinajstić information content (AvgIpc) is 3.22. The Morgan fingerprint density at radius 3 is 2.60 bits per heavy atom. The molecule has 0 atom stereocenters. The quantitative estimate of drug-likeness (QED) is 0.572. The van der Waals surface area contributed by atoms with E-state index in [1.165, 1.54) is 25.0 Å². The molecule has 0 unspecified atom stereocenters. The first-order chi connectivity index (χ1) is 14.2. The molecule has 0 bridgehead atoms. The fraction of sp³-hybridized carbons (Fsp3) is 0.500. The van der Waals surface area contributed by atoms with Gasteiger partial charge in [-0.2, -0.15) is 10.2 Å². The van der Waals surface area contributed by atoms with Gasteiger partial charge in [-0.05, 0) is 76.6 Å². The Balaban J connectivity index is 1.93. The summed E-state index contributed by atoms with van der Waals surface area (Å²) in [4.78, 5) is 0. The molecule has 2 aromatic heterocycles. The molecule has 5 nitrogen and oxygen atoms in total. The second kappa shape index (κ2) is 7.65. The van der Waals surface area contributed by atoms with Gasteiger partial charge >= 0.3 is 0 Å². The largest absolute Gasteiger partial charge is 0.386 e. The van der Waals surface area contributed by atoms with Gasteiger partial charge in [-0.15, -0.1) is 0 Å². The fourth-order valence-corrected chi connectivity index (χ4v) is 4.11. The van der Waals surface area contributed by atoms with E-state index in [2.05, 4.69) is 32.1 Å². The fourth-order valence-electron chi connectivity index (χ4n) is 4.11. The second-order valence-electron chi connectivity index (χ2n) is 9.21. The molecule has 4 rings (SSSR count). The van der Waals surface area contributed by atoms with Crippen LogP contribution in [-0.4, -0.2) is 24.7 Å². The normalized spacial score (nSPS) is 14.7. The maximum atomic E-state index is 14.1. The Hall–Kier alpha value is -2.47. The molecule has 1 fully saturated rings. The maximum absolute atomic E-state index is 14.1. The lowest BCUT2D eigenvalue weighted by molar-refractivity contribution is 0.0788. The first-order valence-corrected chi connectivity index (χ1v) is 10.9. The van der Waals surface area contributed by atoms with Crippen LogP contribution in [0.2, 0.25) is 0 Å². The number of aromatic nitrogens is 4. The summed E-state index contributed by atoms with van der Waals surface area (Å²) in [5.41, 5.74) is 4.01. The minimum atomic E-state index is -1.20. The first kappa shape index (κ1) is 20.8. The van der Waals surface area contributed by atoms with Gasteiger partial charge in [-0.25, -0.2) is 4.39 Å². The van der Waals surface area contributed by atoms with Crippen molar-refractivity contribution in [2.75, 3.05) is 0 Å². The molecule has 0 aliphatic heterocycles. The summed E-state index contributed by atoms with van der Waals surface area (Å²) in [6.45, 7) is 10.6. The standard InChI is InChI=1S/C24H31FN4O/c1-6-21-22(17-12-26-28(14-17)13-16-7-8-16)23(27-29(21)15(2)3)19-10-9-18(25)11-20(19)24(4,5)30/h9-12,14-16,30H,6-8,13H2,1-5H3. The number of hydrogen-bond acceptors (Lipinski definition) is 3. The van der Waals surface area contributed by atoms with Crippen LogP contribution in [0.25, 0.3) is 22.4 Å². The van der Waals surface area contributed by atoms with Crippen LogP contribution in [0.3, 0.4) is 0 Å². The van der Waals surface area contributed by atoms with Gasteiger partial charge < -0.3 is 5.11 Å². The molecule has 1 aliphatic carbocycles. The van der Waals surface area contributed by atoms with E-state index in [-0.39, 0.29) is 11.9 Å². The molecule has 0 spiro atoms. The Bertz CT molecular complexity index is 1050. The molecule has 0 saturated heterocycles. The van der Waals surface area contributed by atoms with Gasteiger partial charge in [0.2, 0.25) is 0 Å². The number of aliphatic hydroxyl groups is 1. The summed E-state index contributed by atoms with van der Waals surface area (Å²) < 4.78 is 18.1. The van der Waals surface area contributed by atoms with Crippen molar-refractivity contribution in [3.63, 3.8) is 0 Å². The van der Waals surface area contributed by atoms with Gasteiger partial charge in [0.05, 0.1) is 11.8 Å². The van der Waals surface area contributed by atoms with E-state index in [1.54, 1.807) is 19.9 Å². The Labute approximate surface area is 177 Å². The van der Waals surface area contributed by atoms with Crippen LogP contribution < -0.4 is 0 Å². The molecular formula is C24H31FN4O. The predicted octanol–water partition coefficient (Wildman–Crippen LogP) is 5.33. The van der Waals surface area contributed by atoms with Gasteiger partial charge in [0.25, 0.3) is 0 Å². The van der Waals surface area contributed by atoms with E-state index >= 15 is 0 Å². The van der Waals surface area contributed by atoms with Crippen molar-refractivity contribution in [3.05, 3.63) is 47.7 Å². The Morgan fingerprint density at radius 2 is 2.00 bits per heavy atom. The van der Waals surface area contributed by atoms with E-state index < -0.39 is 5.60 Å². The summed E-state index contributed by atoms with van der Waals surface area (Å²) in [5.74, 6) is 0.369. The molecule has 2 heterocycles. The average molecular weight is 411 g/mol. The summed E-state index contributed by atoms with van der Waals surface area (Å²) in [6, 6.07) is 4.76. The molecule has 1 aliphatic rings. The van der Waals surface area contributed by atoms with Crippen molar-refractivity contribution in [3.8, 4) is 22.4 Å². The topological polar surface area (TPSA) is 55.9 Å². The molecule has 0 radical (unpaired) electrons. The van der Waals surface area contributed by atoms with E-state index in [0.29, 0.717) is 5.56 Å². The van der Waals surface area contributed by atoms with Crippen LogP contribution in [0, 0.1) is 11.7 Å². The van der Waals surface area contributed by atoms with E-state index in [4.69, 9.17) is 5.10 Å². The Kier molecular flexibility index (Phi) is 5.30. The minimum absolute atomic E-state index is 0.181. The lowest BCUT2D eigenvalue weighted by Gasteiger charge is -2.21. The van der Waals surface area contributed by atoms with Gasteiger partial charge in [0.1, 0.15) is 11.5 Å². The van der Waals surface area contributed by atoms with Gasteiger partial charge in [0.15, 0.2) is 0 Å². The molecular weight excluding hydrogens is 379 g/mol. The van der Waals surface area contributed by atoms with Crippen molar-refractivity contribution in [1.82, 2.24) is 19.6 Å². The zero-order valence-electron chi connectivity index (χ0n) is 18.5. The highest BCUT2D eigenvalue weighted by molar-refractivity contribution is 5.84. The van der Waals surface area contributed by atoms with Crippen LogP contribution in [0.1, 0.15) is 64.8 Å². The number of halogens is 1. The number of rotatable bonds is 7. The van der Waals surface area contributed by atoms with E-state index in [9.17, 15) is 9.50 Å². The van der Waals surface area contributed by atoms with Crippen LogP contribution >= 0.6 is 0 Å². The van der Waals surface area contributed by atoms with Crippen LogP contribution in [0.5, 0.6) is 0 Å². The summed E-state index contributed by atoms with van der Waals surface area (Å²) in [7, 11) is 0. The summed E-state index contributed by atoms with van der Waals surface area (Å²) in [6.07, 6.45) is 7.36. The third-order valence-electron chi connectivity index (χ3n) is 5.79. The first-order valence-electron chi connectivity index (χ1n) is 10.9. The third kappa shape index (κ3) is 3.93. The van der Waals surface area contributed by atoms with Crippen LogP contribution in [0.4, 0.5) is 4.39 Å². The van der Waals surface area contributed by atoms with Crippen molar-refractivity contribution in [2.45, 2.75) is 72.1 Å². The monoisotopic (exact) mass is 410 g/mol. The highest BCUT2D eigenvalue weighted by Gasteiger charge is 2.28. The van der Waals surface area contributed by atoms with Crippen molar-refractivity contribution < 1.29 is 9.50 Å². The molecule has 30 heavy (non-hydrogen) atoms. The number of benzene rings is 1. The van der Waals surface area contributed by atoms with Gasteiger partial charge in [-0.1, -0.05) is 6.92 Å². The number of hydrogen-bond donors (Lipinski definition) is 1. The van der Waals surface area contributed by atoms with Crippen molar-refractivity contribution in [1.29, 1.82) is 0 Å². The minimum Gasteiger partial charge on any atom is -0.386 e. The zero-order valence-corrected chi connectivity index (χ0v) is 18.5. The van der Waals surface area contributed by atoms with Crippen molar-refractivity contribution >= 4 is 0 Å². The summed E-state index contributed by atoms with van der Waals surface area (Å²) >= 11 is 0.